The fraction of sp³-hybridized carbons (Fsp3) is 0.500. The molecule has 1 heterocycles. The second-order valence-electron chi connectivity index (χ2n) is 6.14. The van der Waals surface area contributed by atoms with Crippen molar-refractivity contribution < 1.29 is 9.84 Å². The van der Waals surface area contributed by atoms with E-state index in [0.717, 1.165) is 30.4 Å². The Balaban J connectivity index is 1.92. The molecule has 0 unspecified atom stereocenters. The van der Waals surface area contributed by atoms with E-state index in [9.17, 15) is 5.11 Å². The first-order valence-corrected chi connectivity index (χ1v) is 9.61. The molecule has 0 amide bonds. The number of methoxy groups -OCH3 is 1. The predicted octanol–water partition coefficient (Wildman–Crippen LogP) is 3.42. The first kappa shape index (κ1) is 19.3. The number of hydrogen-bond donors (Lipinski definition) is 1. The monoisotopic (exact) mass is 362 g/mol. The molecule has 0 radical (unpaired) electrons. The molecule has 0 bridgehead atoms. The van der Waals surface area contributed by atoms with Crippen LogP contribution >= 0.6 is 11.8 Å². The van der Waals surface area contributed by atoms with Crippen molar-refractivity contribution in [2.75, 3.05) is 19.9 Å². The number of nitrogens with zero attached hydrogens (tertiary/aromatic N) is 4. The highest BCUT2D eigenvalue weighted by atomic mass is 32.2. The minimum Gasteiger partial charge on any atom is -0.504 e. The lowest BCUT2D eigenvalue weighted by atomic mass is 10.2. The minimum absolute atomic E-state index is 0.120. The van der Waals surface area contributed by atoms with Gasteiger partial charge >= 0.3 is 0 Å². The maximum atomic E-state index is 10.0. The molecule has 1 aromatic carbocycles. The van der Waals surface area contributed by atoms with Crippen LogP contribution in [0.5, 0.6) is 11.5 Å². The highest BCUT2D eigenvalue weighted by molar-refractivity contribution is 7.98. The second kappa shape index (κ2) is 9.46. The molecule has 0 fully saturated rings. The van der Waals surface area contributed by atoms with Gasteiger partial charge in [-0.1, -0.05) is 31.7 Å². The number of ether oxygens (including phenoxy) is 1. The molecule has 25 heavy (non-hydrogen) atoms. The van der Waals surface area contributed by atoms with Crippen LogP contribution in [0.4, 0.5) is 0 Å². The molecule has 1 aromatic heterocycles. The molecule has 0 aliphatic rings. The molecular weight excluding hydrogens is 336 g/mol. The van der Waals surface area contributed by atoms with Crippen LogP contribution < -0.4 is 4.74 Å². The first-order chi connectivity index (χ1) is 12.1. The molecule has 0 saturated heterocycles. The average molecular weight is 362 g/mol. The highest BCUT2D eigenvalue weighted by Gasteiger charge is 2.12. The Morgan fingerprint density at radius 3 is 2.84 bits per heavy atom. The van der Waals surface area contributed by atoms with Gasteiger partial charge < -0.3 is 14.4 Å². The normalized spacial score (nSPS) is 11.6. The third-order valence-corrected chi connectivity index (χ3v) is 4.36. The zero-order chi connectivity index (χ0) is 18.2. The summed E-state index contributed by atoms with van der Waals surface area (Å²) in [5, 5.41) is 19.6. The quantitative estimate of drug-likeness (QED) is 0.420. The van der Waals surface area contributed by atoms with Gasteiger partial charge in [-0.3, -0.25) is 4.99 Å². The number of phenols is 1. The van der Waals surface area contributed by atoms with Crippen LogP contribution in [0.25, 0.3) is 0 Å². The van der Waals surface area contributed by atoms with Crippen molar-refractivity contribution >= 4 is 18.0 Å². The van der Waals surface area contributed by atoms with Crippen molar-refractivity contribution in [2.24, 2.45) is 10.9 Å². The van der Waals surface area contributed by atoms with E-state index in [1.165, 1.54) is 7.11 Å². The number of aryl methyl sites for hydroxylation is 1. The van der Waals surface area contributed by atoms with Gasteiger partial charge in [0.05, 0.1) is 7.11 Å². The number of aromatic nitrogens is 3. The third-order valence-electron chi connectivity index (χ3n) is 3.69. The largest absolute Gasteiger partial charge is 0.504 e. The summed E-state index contributed by atoms with van der Waals surface area (Å²) in [7, 11) is 1.53. The molecule has 0 aliphatic heterocycles. The van der Waals surface area contributed by atoms with Crippen molar-refractivity contribution in [1.29, 1.82) is 0 Å². The molecule has 2 rings (SSSR count). The van der Waals surface area contributed by atoms with Gasteiger partial charge in [0.15, 0.2) is 16.7 Å². The second-order valence-corrected chi connectivity index (χ2v) is 6.92. The number of aliphatic imine (C=N–C) groups is 1. The summed E-state index contributed by atoms with van der Waals surface area (Å²) in [5.74, 6) is 2.14. The number of para-hydroxylation sites is 1. The van der Waals surface area contributed by atoms with E-state index in [4.69, 9.17) is 4.74 Å². The molecule has 6 nitrogen and oxygen atoms in total. The smallest absolute Gasteiger partial charge is 0.190 e. The summed E-state index contributed by atoms with van der Waals surface area (Å²) in [6, 6.07) is 5.36. The van der Waals surface area contributed by atoms with Gasteiger partial charge in [0.1, 0.15) is 5.82 Å². The lowest BCUT2D eigenvalue weighted by Crippen LogP contribution is -2.10. The third kappa shape index (κ3) is 5.22. The number of aromatic hydroxyl groups is 1. The van der Waals surface area contributed by atoms with Gasteiger partial charge in [0.25, 0.3) is 0 Å². The van der Waals surface area contributed by atoms with Crippen LogP contribution in [0.2, 0.25) is 0 Å². The predicted molar refractivity (Wildman–Crippen MR) is 102 cm³/mol. The van der Waals surface area contributed by atoms with Crippen LogP contribution in [0, 0.1) is 5.92 Å². The SMILES string of the molecule is COc1cccc(C=NCCCc2nnc(SC)n2CC(C)C)c1O. The van der Waals surface area contributed by atoms with E-state index in [-0.39, 0.29) is 5.75 Å². The number of hydrogen-bond acceptors (Lipinski definition) is 6. The molecule has 1 N–H and O–H groups in total. The van der Waals surface area contributed by atoms with Gasteiger partial charge in [0, 0.05) is 31.3 Å². The Morgan fingerprint density at radius 1 is 1.36 bits per heavy atom. The van der Waals surface area contributed by atoms with Gasteiger partial charge in [0.2, 0.25) is 0 Å². The van der Waals surface area contributed by atoms with Crippen LogP contribution in [-0.4, -0.2) is 46.0 Å². The molecule has 0 spiro atoms. The van der Waals surface area contributed by atoms with Crippen molar-refractivity contribution in [1.82, 2.24) is 14.8 Å². The van der Waals surface area contributed by atoms with E-state index < -0.39 is 0 Å². The molecular formula is C18H26N4O2S. The van der Waals surface area contributed by atoms with Crippen molar-refractivity contribution in [3.63, 3.8) is 0 Å². The standard InChI is InChI=1S/C18H26N4O2S/c1-13(2)12-22-16(20-21-18(22)25-4)9-6-10-19-11-14-7-5-8-15(24-3)17(14)23/h5,7-8,11,13,23H,6,9-10,12H2,1-4H3. The molecule has 2 aromatic rings. The Morgan fingerprint density at radius 2 is 2.16 bits per heavy atom. The van der Waals surface area contributed by atoms with Crippen LogP contribution in [0.1, 0.15) is 31.7 Å². The maximum Gasteiger partial charge on any atom is 0.190 e. The fourth-order valence-electron chi connectivity index (χ4n) is 2.50. The summed E-state index contributed by atoms with van der Waals surface area (Å²) in [5.41, 5.74) is 0.659. The maximum absolute atomic E-state index is 10.0. The highest BCUT2D eigenvalue weighted by Crippen LogP contribution is 2.28. The van der Waals surface area contributed by atoms with Gasteiger partial charge in [-0.25, -0.2) is 0 Å². The topological polar surface area (TPSA) is 72.5 Å². The van der Waals surface area contributed by atoms with E-state index in [2.05, 4.69) is 33.6 Å². The van der Waals surface area contributed by atoms with E-state index in [0.29, 0.717) is 23.8 Å². The summed E-state index contributed by atoms with van der Waals surface area (Å²) >= 11 is 1.62. The van der Waals surface area contributed by atoms with Crippen molar-refractivity contribution in [3.05, 3.63) is 29.6 Å². The fourth-order valence-corrected chi connectivity index (χ4v) is 3.03. The Hall–Kier alpha value is -2.02. The van der Waals surface area contributed by atoms with Crippen molar-refractivity contribution in [2.45, 2.75) is 38.4 Å². The van der Waals surface area contributed by atoms with E-state index in [1.54, 1.807) is 24.0 Å². The van der Waals surface area contributed by atoms with Crippen LogP contribution in [0.3, 0.4) is 0 Å². The summed E-state index contributed by atoms with van der Waals surface area (Å²) in [4.78, 5) is 4.41. The Labute approximate surface area is 153 Å². The summed E-state index contributed by atoms with van der Waals surface area (Å²) in [6.45, 7) is 5.98. The van der Waals surface area contributed by atoms with E-state index in [1.807, 2.05) is 18.4 Å². The Bertz CT molecular complexity index is 713. The number of benzene rings is 1. The zero-order valence-corrected chi connectivity index (χ0v) is 16.1. The lowest BCUT2D eigenvalue weighted by Gasteiger charge is -2.11. The number of phenolic OH excluding ortho intramolecular Hbond substituents is 1. The Kier molecular flexibility index (Phi) is 7.31. The number of thioether (sulfide) groups is 1. The zero-order valence-electron chi connectivity index (χ0n) is 15.3. The van der Waals surface area contributed by atoms with Crippen molar-refractivity contribution in [3.8, 4) is 11.5 Å². The molecule has 0 aliphatic carbocycles. The average Bonchev–Trinajstić information content (AvgIpc) is 2.97. The molecule has 0 atom stereocenters. The van der Waals surface area contributed by atoms with Gasteiger partial charge in [-0.05, 0) is 30.7 Å². The first-order valence-electron chi connectivity index (χ1n) is 8.38. The van der Waals surface area contributed by atoms with Crippen LogP contribution in [0.15, 0.2) is 28.3 Å². The van der Waals surface area contributed by atoms with E-state index >= 15 is 0 Å². The lowest BCUT2D eigenvalue weighted by molar-refractivity contribution is 0.373. The van der Waals surface area contributed by atoms with Gasteiger partial charge in [-0.15, -0.1) is 10.2 Å². The van der Waals surface area contributed by atoms with Crippen LogP contribution in [-0.2, 0) is 13.0 Å². The van der Waals surface area contributed by atoms with Gasteiger partial charge in [-0.2, -0.15) is 0 Å². The summed E-state index contributed by atoms with van der Waals surface area (Å²) in [6.07, 6.45) is 5.42. The molecule has 7 heteroatoms. The molecule has 136 valence electrons. The molecule has 0 saturated carbocycles. The number of rotatable bonds is 9. The summed E-state index contributed by atoms with van der Waals surface area (Å²) < 4.78 is 7.30. The minimum atomic E-state index is 0.120.